The van der Waals surface area contributed by atoms with E-state index >= 15 is 0 Å². The molecule has 1 fully saturated rings. The quantitative estimate of drug-likeness (QED) is 0.770. The molecular weight excluding hydrogens is 356 g/mol. The summed E-state index contributed by atoms with van der Waals surface area (Å²) in [7, 11) is -0.376. The van der Waals surface area contributed by atoms with Gasteiger partial charge in [-0.25, -0.2) is 12.7 Å². The number of ether oxygens (including phenoxy) is 1. The van der Waals surface area contributed by atoms with E-state index in [9.17, 15) is 13.2 Å². The van der Waals surface area contributed by atoms with E-state index in [0.29, 0.717) is 24.6 Å². The first kappa shape index (κ1) is 18.6. The minimum Gasteiger partial charge on any atom is -0.379 e. The molecule has 1 aromatic carbocycles. The second-order valence-corrected chi connectivity index (χ2v) is 8.70. The smallest absolute Gasteiger partial charge is 0.269 e. The molecule has 0 saturated carbocycles. The molecule has 0 bridgehead atoms. The Morgan fingerprint density at radius 1 is 1.31 bits per heavy atom. The van der Waals surface area contributed by atoms with E-state index in [-0.39, 0.29) is 23.6 Å². The number of hydrogen-bond acceptors (Lipinski definition) is 5. The fraction of sp³-hybridized carbons (Fsp3) is 0.412. The number of amides is 1. The van der Waals surface area contributed by atoms with Gasteiger partial charge in [0.25, 0.3) is 5.91 Å². The zero-order valence-electron chi connectivity index (χ0n) is 14.7. The number of aromatic nitrogens is 2. The van der Waals surface area contributed by atoms with Crippen molar-refractivity contribution in [3.05, 3.63) is 42.1 Å². The maximum absolute atomic E-state index is 12.5. The highest BCUT2D eigenvalue weighted by atomic mass is 32.2. The normalized spacial score (nSPS) is 20.4. The van der Waals surface area contributed by atoms with Gasteiger partial charge in [-0.1, -0.05) is 30.3 Å². The molecule has 8 nitrogen and oxygen atoms in total. The average molecular weight is 378 g/mol. The van der Waals surface area contributed by atoms with Crippen LogP contribution in [0.2, 0.25) is 0 Å². The topological polar surface area (TPSA) is 104 Å². The van der Waals surface area contributed by atoms with E-state index < -0.39 is 10.0 Å². The third-order valence-corrected chi connectivity index (χ3v) is 6.35. The predicted molar refractivity (Wildman–Crippen MR) is 97.1 cm³/mol. The van der Waals surface area contributed by atoms with Gasteiger partial charge < -0.3 is 10.1 Å². The Balaban J connectivity index is 1.67. The van der Waals surface area contributed by atoms with Crippen LogP contribution in [0.5, 0.6) is 0 Å². The number of carbonyl (C=O) groups is 1. The van der Waals surface area contributed by atoms with Gasteiger partial charge in [-0.3, -0.25) is 9.89 Å². The molecule has 1 saturated heterocycles. The van der Waals surface area contributed by atoms with Gasteiger partial charge in [0.1, 0.15) is 5.69 Å². The third kappa shape index (κ3) is 4.12. The number of nitrogens with one attached hydrogen (secondary N) is 2. The monoisotopic (exact) mass is 378 g/mol. The zero-order chi connectivity index (χ0) is 18.7. The molecule has 26 heavy (non-hydrogen) atoms. The molecule has 0 unspecified atom stereocenters. The highest BCUT2D eigenvalue weighted by Gasteiger charge is 2.34. The van der Waals surface area contributed by atoms with Gasteiger partial charge in [0.05, 0.1) is 30.7 Å². The Hall–Kier alpha value is -2.23. The van der Waals surface area contributed by atoms with Crippen LogP contribution in [0.4, 0.5) is 0 Å². The summed E-state index contributed by atoms with van der Waals surface area (Å²) in [6.45, 7) is 0.593. The van der Waals surface area contributed by atoms with Crippen molar-refractivity contribution in [1.29, 1.82) is 0 Å². The number of H-pyrrole nitrogens is 1. The number of nitrogens with zero attached hydrogens (tertiary/aromatic N) is 2. The Bertz CT molecular complexity index is 864. The van der Waals surface area contributed by atoms with Crippen molar-refractivity contribution >= 4 is 15.9 Å². The summed E-state index contributed by atoms with van der Waals surface area (Å²) < 4.78 is 30.7. The van der Waals surface area contributed by atoms with Crippen molar-refractivity contribution in [2.75, 3.05) is 33.1 Å². The highest BCUT2D eigenvalue weighted by molar-refractivity contribution is 7.89. The molecule has 2 atom stereocenters. The molecule has 3 rings (SSSR count). The summed E-state index contributed by atoms with van der Waals surface area (Å²) >= 11 is 0. The maximum Gasteiger partial charge on any atom is 0.269 e. The van der Waals surface area contributed by atoms with Gasteiger partial charge in [-0.05, 0) is 6.07 Å². The number of benzene rings is 1. The van der Waals surface area contributed by atoms with Crippen molar-refractivity contribution in [2.24, 2.45) is 5.92 Å². The molecule has 2 N–H and O–H groups in total. The molecule has 1 aliphatic heterocycles. The van der Waals surface area contributed by atoms with Gasteiger partial charge >= 0.3 is 0 Å². The number of aromatic amines is 1. The zero-order valence-corrected chi connectivity index (χ0v) is 15.5. The van der Waals surface area contributed by atoms with Gasteiger partial charge in [-0.15, -0.1) is 0 Å². The van der Waals surface area contributed by atoms with Crippen molar-refractivity contribution in [3.63, 3.8) is 0 Å². The molecule has 1 aliphatic rings. The lowest BCUT2D eigenvalue weighted by molar-refractivity contribution is 0.0921. The summed E-state index contributed by atoms with van der Waals surface area (Å²) in [5.74, 6) is -0.686. The molecular formula is C17H22N4O4S. The molecule has 0 aliphatic carbocycles. The van der Waals surface area contributed by atoms with Crippen molar-refractivity contribution in [3.8, 4) is 11.3 Å². The van der Waals surface area contributed by atoms with Crippen LogP contribution in [0.15, 0.2) is 36.4 Å². The summed E-state index contributed by atoms with van der Waals surface area (Å²) in [4.78, 5) is 12.5. The molecule has 2 aromatic rings. The molecule has 1 amide bonds. The van der Waals surface area contributed by atoms with Crippen LogP contribution in [0.25, 0.3) is 11.3 Å². The minimum absolute atomic E-state index is 0.0663. The summed E-state index contributed by atoms with van der Waals surface area (Å²) in [6, 6.07) is 10.8. The SMILES string of the molecule is CN(C)S(=O)(=O)C[C@@H]1COC[C@H]1NC(=O)c1cc(-c2ccccc2)n[nH]1. The van der Waals surface area contributed by atoms with Crippen LogP contribution in [0.1, 0.15) is 10.5 Å². The van der Waals surface area contributed by atoms with Crippen LogP contribution in [-0.2, 0) is 14.8 Å². The Labute approximate surface area is 152 Å². The molecule has 2 heterocycles. The Morgan fingerprint density at radius 2 is 2.04 bits per heavy atom. The summed E-state index contributed by atoms with van der Waals surface area (Å²) in [5.41, 5.74) is 1.90. The van der Waals surface area contributed by atoms with Gasteiger partial charge in [0, 0.05) is 25.6 Å². The third-order valence-electron chi connectivity index (χ3n) is 4.39. The number of rotatable bonds is 6. The minimum atomic E-state index is -3.37. The first-order valence-electron chi connectivity index (χ1n) is 8.26. The van der Waals surface area contributed by atoms with Gasteiger partial charge in [0.15, 0.2) is 0 Å². The maximum atomic E-state index is 12.5. The molecule has 1 aromatic heterocycles. The first-order chi connectivity index (χ1) is 12.4. The van der Waals surface area contributed by atoms with E-state index in [0.717, 1.165) is 5.56 Å². The van der Waals surface area contributed by atoms with Gasteiger partial charge in [0.2, 0.25) is 10.0 Å². The van der Waals surface area contributed by atoms with Crippen molar-refractivity contribution in [1.82, 2.24) is 19.8 Å². The van der Waals surface area contributed by atoms with E-state index in [4.69, 9.17) is 4.74 Å². The van der Waals surface area contributed by atoms with Crippen LogP contribution in [0.3, 0.4) is 0 Å². The number of hydrogen-bond donors (Lipinski definition) is 2. The average Bonchev–Trinajstić information content (AvgIpc) is 3.25. The lowest BCUT2D eigenvalue weighted by Crippen LogP contribution is -2.43. The van der Waals surface area contributed by atoms with Crippen LogP contribution >= 0.6 is 0 Å². The standard InChI is InChI=1S/C17H22N4O4S/c1-21(2)26(23,24)11-13-9-25-10-16(13)18-17(22)15-8-14(19-20-15)12-6-4-3-5-7-12/h3-8,13,16H,9-11H2,1-2H3,(H,18,22)(H,19,20)/t13-,16+/m0/s1. The predicted octanol–water partition coefficient (Wildman–Crippen LogP) is 0.713. The fourth-order valence-corrected chi connectivity index (χ4v) is 3.95. The van der Waals surface area contributed by atoms with Crippen molar-refractivity contribution < 1.29 is 17.9 Å². The highest BCUT2D eigenvalue weighted by Crippen LogP contribution is 2.19. The summed E-state index contributed by atoms with van der Waals surface area (Å²) in [5, 5.41) is 9.75. The molecule has 140 valence electrons. The second kappa shape index (κ2) is 7.56. The first-order valence-corrected chi connectivity index (χ1v) is 9.87. The number of carbonyl (C=O) groups excluding carboxylic acids is 1. The Kier molecular flexibility index (Phi) is 5.40. The van der Waals surface area contributed by atoms with Crippen molar-refractivity contribution in [2.45, 2.75) is 6.04 Å². The second-order valence-electron chi connectivity index (χ2n) is 6.47. The summed E-state index contributed by atoms with van der Waals surface area (Å²) in [6.07, 6.45) is 0. The van der Waals surface area contributed by atoms with E-state index in [1.165, 1.54) is 18.4 Å². The fourth-order valence-electron chi connectivity index (χ4n) is 2.78. The number of sulfonamides is 1. The molecule has 9 heteroatoms. The largest absolute Gasteiger partial charge is 0.379 e. The van der Waals surface area contributed by atoms with Crippen LogP contribution in [0, 0.1) is 5.92 Å². The lowest BCUT2D eigenvalue weighted by Gasteiger charge is -2.20. The van der Waals surface area contributed by atoms with Gasteiger partial charge in [-0.2, -0.15) is 5.10 Å². The molecule has 0 spiro atoms. The van der Waals surface area contributed by atoms with E-state index in [1.807, 2.05) is 30.3 Å². The Morgan fingerprint density at radius 3 is 2.73 bits per heavy atom. The van der Waals surface area contributed by atoms with Crippen LogP contribution in [-0.4, -0.2) is 67.9 Å². The van der Waals surface area contributed by atoms with E-state index in [2.05, 4.69) is 15.5 Å². The van der Waals surface area contributed by atoms with Crippen LogP contribution < -0.4 is 5.32 Å². The van der Waals surface area contributed by atoms with E-state index in [1.54, 1.807) is 6.07 Å². The molecule has 0 radical (unpaired) electrons. The lowest BCUT2D eigenvalue weighted by atomic mass is 10.1.